The van der Waals surface area contributed by atoms with Crippen molar-refractivity contribution in [3.8, 4) is 0 Å². The van der Waals surface area contributed by atoms with E-state index in [1.54, 1.807) is 19.0 Å². The summed E-state index contributed by atoms with van der Waals surface area (Å²) >= 11 is 0. The predicted molar refractivity (Wildman–Crippen MR) is 154 cm³/mol. The molecule has 0 aliphatic heterocycles. The van der Waals surface area contributed by atoms with Gasteiger partial charge in [-0.05, 0) is 51.5 Å². The number of nitrogens with one attached hydrogen (secondary N) is 3. The summed E-state index contributed by atoms with van der Waals surface area (Å²) in [5.74, 6) is -1.33. The molecule has 5 unspecified atom stereocenters. The number of likely N-dealkylation sites (N-methyl/N-ethyl adjacent to an activating group) is 4. The number of hydrogen-bond acceptors (Lipinski definition) is 8. The fourth-order valence-corrected chi connectivity index (χ4v) is 5.14. The van der Waals surface area contributed by atoms with E-state index in [1.165, 1.54) is 37.7 Å². The second-order valence-electron chi connectivity index (χ2n) is 11.9. The standard InChI is InChI=1S/C28H52N6O6/c1-18(2)13-22(26(40)32(10)23(20(5)6)24(38)29-9)33(11)28(16-36,14-19(3)4)34(12)25(39)21(7)31-27(8,15-35)30-17-37/h15-23,31H,13-14H2,1-12H3,(H,29,38)(H,30,37). The molecular formula is C28H52N6O6. The van der Waals surface area contributed by atoms with Crippen molar-refractivity contribution in [2.24, 2.45) is 17.8 Å². The van der Waals surface area contributed by atoms with Crippen molar-refractivity contribution in [3.63, 3.8) is 0 Å². The molecule has 0 bridgehead atoms. The molecule has 5 atom stereocenters. The molecule has 3 N–H and O–H groups in total. The third kappa shape index (κ3) is 9.09. The van der Waals surface area contributed by atoms with Gasteiger partial charge in [0, 0.05) is 21.1 Å². The molecule has 0 fully saturated rings. The second-order valence-corrected chi connectivity index (χ2v) is 11.9. The van der Waals surface area contributed by atoms with E-state index >= 15 is 0 Å². The highest BCUT2D eigenvalue weighted by molar-refractivity contribution is 5.91. The first kappa shape index (κ1) is 37.1. The molecule has 12 heteroatoms. The second kappa shape index (κ2) is 15.8. The molecule has 0 aromatic heterocycles. The third-order valence-corrected chi connectivity index (χ3v) is 7.26. The lowest BCUT2D eigenvalue weighted by atomic mass is 9.90. The molecule has 0 aromatic rings. The van der Waals surface area contributed by atoms with Gasteiger partial charge in [0.25, 0.3) is 0 Å². The summed E-state index contributed by atoms with van der Waals surface area (Å²) in [6.45, 7) is 14.4. The minimum atomic E-state index is -1.53. The van der Waals surface area contributed by atoms with Crippen molar-refractivity contribution in [3.05, 3.63) is 0 Å². The number of carbonyl (C=O) groups excluding carboxylic acids is 6. The SMILES string of the molecule is CNC(=O)C(C(C)C)N(C)C(=O)C(CC(C)C)N(C)C(C=O)(CC(C)C)N(C)C(=O)C(C)NC(C)(C=O)NC=O. The maximum Gasteiger partial charge on any atom is 0.242 e. The van der Waals surface area contributed by atoms with Gasteiger partial charge in [-0.2, -0.15) is 0 Å². The third-order valence-electron chi connectivity index (χ3n) is 7.26. The van der Waals surface area contributed by atoms with Gasteiger partial charge >= 0.3 is 0 Å². The number of hydrogen-bond donors (Lipinski definition) is 3. The Morgan fingerprint density at radius 2 is 1.40 bits per heavy atom. The molecule has 0 rings (SSSR count). The molecule has 0 saturated carbocycles. The van der Waals surface area contributed by atoms with Gasteiger partial charge in [-0.1, -0.05) is 41.5 Å². The number of amides is 4. The quantitative estimate of drug-likeness (QED) is 0.161. The van der Waals surface area contributed by atoms with Crippen molar-refractivity contribution >= 4 is 36.7 Å². The summed E-state index contributed by atoms with van der Waals surface area (Å²) in [7, 11) is 6.23. The molecule has 40 heavy (non-hydrogen) atoms. The van der Waals surface area contributed by atoms with Gasteiger partial charge in [0.05, 0.1) is 12.1 Å². The van der Waals surface area contributed by atoms with E-state index < -0.39 is 35.4 Å². The van der Waals surface area contributed by atoms with E-state index in [4.69, 9.17) is 0 Å². The minimum absolute atomic E-state index is 0.0509. The van der Waals surface area contributed by atoms with Crippen LogP contribution in [0.1, 0.15) is 68.2 Å². The van der Waals surface area contributed by atoms with E-state index in [2.05, 4.69) is 16.0 Å². The fraction of sp³-hybridized carbons (Fsp3) is 0.786. The molecule has 0 aromatic carbocycles. The maximum atomic E-state index is 14.1. The van der Waals surface area contributed by atoms with Gasteiger partial charge in [-0.15, -0.1) is 0 Å². The molecule has 12 nitrogen and oxygen atoms in total. The highest BCUT2D eigenvalue weighted by atomic mass is 16.2. The molecule has 0 saturated heterocycles. The fourth-order valence-electron chi connectivity index (χ4n) is 5.14. The Bertz CT molecular complexity index is 897. The molecule has 4 amide bonds. The van der Waals surface area contributed by atoms with Gasteiger partial charge in [-0.25, -0.2) is 0 Å². The average molecular weight is 569 g/mol. The summed E-state index contributed by atoms with van der Waals surface area (Å²) in [6.07, 6.45) is 2.09. The zero-order valence-corrected chi connectivity index (χ0v) is 26.4. The smallest absolute Gasteiger partial charge is 0.242 e. The van der Waals surface area contributed by atoms with E-state index in [9.17, 15) is 28.8 Å². The Balaban J connectivity index is 6.75. The molecule has 0 aliphatic carbocycles. The van der Waals surface area contributed by atoms with Gasteiger partial charge in [-0.3, -0.25) is 39.0 Å². The van der Waals surface area contributed by atoms with Crippen LogP contribution in [0.3, 0.4) is 0 Å². The largest absolute Gasteiger partial charge is 0.357 e. The van der Waals surface area contributed by atoms with Gasteiger partial charge < -0.3 is 20.4 Å². The van der Waals surface area contributed by atoms with Crippen molar-refractivity contribution in [1.82, 2.24) is 30.7 Å². The van der Waals surface area contributed by atoms with Gasteiger partial charge in [0.1, 0.15) is 11.7 Å². The normalized spacial score (nSPS) is 16.9. The number of nitrogens with zero attached hydrogens (tertiary/aromatic N) is 3. The lowest BCUT2D eigenvalue weighted by Crippen LogP contribution is -2.69. The zero-order chi connectivity index (χ0) is 31.6. The van der Waals surface area contributed by atoms with Crippen LogP contribution in [0, 0.1) is 17.8 Å². The van der Waals surface area contributed by atoms with E-state index in [1.807, 2.05) is 41.5 Å². The summed E-state index contributed by atoms with van der Waals surface area (Å²) in [5, 5.41) is 7.78. The summed E-state index contributed by atoms with van der Waals surface area (Å²) < 4.78 is 0. The van der Waals surface area contributed by atoms with Crippen LogP contribution in [0.5, 0.6) is 0 Å². The van der Waals surface area contributed by atoms with Crippen molar-refractivity contribution in [2.75, 3.05) is 28.2 Å². The van der Waals surface area contributed by atoms with E-state index in [0.29, 0.717) is 25.4 Å². The Morgan fingerprint density at radius 3 is 1.77 bits per heavy atom. The lowest BCUT2D eigenvalue weighted by molar-refractivity contribution is -0.163. The Morgan fingerprint density at radius 1 is 0.850 bits per heavy atom. The summed E-state index contributed by atoms with van der Waals surface area (Å²) in [4.78, 5) is 80.4. The van der Waals surface area contributed by atoms with Gasteiger partial charge in [0.2, 0.25) is 24.1 Å². The van der Waals surface area contributed by atoms with Crippen LogP contribution < -0.4 is 16.0 Å². The maximum absolute atomic E-state index is 14.1. The van der Waals surface area contributed by atoms with Crippen LogP contribution in [0.2, 0.25) is 0 Å². The molecule has 0 radical (unpaired) electrons. The Labute approximate surface area is 239 Å². The summed E-state index contributed by atoms with van der Waals surface area (Å²) in [6, 6.07) is -2.55. The van der Waals surface area contributed by atoms with Crippen LogP contribution in [0.4, 0.5) is 0 Å². The molecule has 0 heterocycles. The minimum Gasteiger partial charge on any atom is -0.357 e. The molecular weight excluding hydrogens is 516 g/mol. The average Bonchev–Trinajstić information content (AvgIpc) is 2.88. The van der Waals surface area contributed by atoms with Crippen LogP contribution >= 0.6 is 0 Å². The summed E-state index contributed by atoms with van der Waals surface area (Å²) in [5.41, 5.74) is -3.04. The van der Waals surface area contributed by atoms with Crippen LogP contribution in [-0.4, -0.2) is 109 Å². The molecule has 0 spiro atoms. The number of carbonyl (C=O) groups is 6. The molecule has 0 aliphatic rings. The van der Waals surface area contributed by atoms with Gasteiger partial charge in [0.15, 0.2) is 18.2 Å². The first-order valence-corrected chi connectivity index (χ1v) is 13.8. The topological polar surface area (TPSA) is 148 Å². The zero-order valence-electron chi connectivity index (χ0n) is 26.4. The highest BCUT2D eigenvalue weighted by Gasteiger charge is 2.48. The monoisotopic (exact) mass is 568 g/mol. The van der Waals surface area contributed by atoms with Crippen LogP contribution in [0.25, 0.3) is 0 Å². The number of aldehydes is 2. The Kier molecular flexibility index (Phi) is 14.7. The number of rotatable bonds is 18. The van der Waals surface area contributed by atoms with Crippen molar-refractivity contribution < 1.29 is 28.8 Å². The highest BCUT2D eigenvalue weighted by Crippen LogP contribution is 2.30. The Hall–Kier alpha value is -2.86. The van der Waals surface area contributed by atoms with Crippen molar-refractivity contribution in [2.45, 2.75) is 97.7 Å². The molecule has 230 valence electrons. The first-order valence-electron chi connectivity index (χ1n) is 13.8. The van der Waals surface area contributed by atoms with Crippen LogP contribution in [-0.2, 0) is 28.8 Å². The van der Waals surface area contributed by atoms with E-state index in [-0.39, 0.29) is 36.0 Å². The first-order chi connectivity index (χ1) is 18.4. The lowest BCUT2D eigenvalue weighted by Gasteiger charge is -2.49. The van der Waals surface area contributed by atoms with E-state index in [0.717, 1.165) is 0 Å². The van der Waals surface area contributed by atoms with Crippen LogP contribution in [0.15, 0.2) is 0 Å². The van der Waals surface area contributed by atoms with Crippen molar-refractivity contribution in [1.29, 1.82) is 0 Å². The predicted octanol–water partition coefficient (Wildman–Crippen LogP) is 0.601.